The van der Waals surface area contributed by atoms with Crippen molar-refractivity contribution in [3.8, 4) is 0 Å². The molecule has 2 heterocycles. The number of rotatable bonds is 5. The van der Waals surface area contributed by atoms with Gasteiger partial charge < -0.3 is 15.0 Å². The maximum Gasteiger partial charge on any atom is 0.304 e. The van der Waals surface area contributed by atoms with Gasteiger partial charge >= 0.3 is 4.87 Å². The first-order chi connectivity index (χ1) is 8.28. The molecule has 0 aromatic carbocycles. The topological polar surface area (TPSA) is 54.1 Å². The molecule has 1 aromatic rings. The summed E-state index contributed by atoms with van der Waals surface area (Å²) in [4.78, 5) is 13.8. The Hall–Kier alpha value is -0.650. The van der Waals surface area contributed by atoms with Gasteiger partial charge in [0.1, 0.15) is 0 Å². The van der Waals surface area contributed by atoms with Crippen LogP contribution in [0.1, 0.15) is 38.3 Å². The second-order valence-electron chi connectivity index (χ2n) is 4.56. The van der Waals surface area contributed by atoms with Crippen LogP contribution in [0.25, 0.3) is 0 Å². The van der Waals surface area contributed by atoms with Crippen LogP contribution < -0.4 is 10.2 Å². The Morgan fingerprint density at radius 3 is 3.24 bits per heavy atom. The largest absolute Gasteiger partial charge is 0.378 e. The van der Waals surface area contributed by atoms with E-state index in [1.165, 1.54) is 17.8 Å². The Morgan fingerprint density at radius 1 is 1.65 bits per heavy atom. The van der Waals surface area contributed by atoms with Crippen LogP contribution in [-0.2, 0) is 11.3 Å². The van der Waals surface area contributed by atoms with Crippen LogP contribution in [0.4, 0.5) is 0 Å². The molecule has 96 valence electrons. The van der Waals surface area contributed by atoms with Gasteiger partial charge in [-0.2, -0.15) is 0 Å². The van der Waals surface area contributed by atoms with Crippen molar-refractivity contribution in [2.75, 3.05) is 6.61 Å². The number of ether oxygens (including phenoxy) is 1. The molecular weight excluding hydrogens is 236 g/mol. The van der Waals surface area contributed by atoms with E-state index in [9.17, 15) is 4.79 Å². The molecule has 2 atom stereocenters. The van der Waals surface area contributed by atoms with E-state index in [0.29, 0.717) is 12.1 Å². The van der Waals surface area contributed by atoms with E-state index in [1.54, 1.807) is 0 Å². The quantitative estimate of drug-likeness (QED) is 0.845. The zero-order valence-electron chi connectivity index (χ0n) is 10.2. The Labute approximate surface area is 105 Å². The molecule has 2 N–H and O–H groups in total. The third-order valence-electron chi connectivity index (χ3n) is 3.13. The predicted octanol–water partition coefficient (Wildman–Crippen LogP) is 1.87. The van der Waals surface area contributed by atoms with Gasteiger partial charge in [-0.3, -0.25) is 4.79 Å². The molecule has 5 heteroatoms. The maximum absolute atomic E-state index is 11.0. The second-order valence-corrected chi connectivity index (χ2v) is 5.40. The van der Waals surface area contributed by atoms with Crippen LogP contribution in [-0.4, -0.2) is 23.7 Å². The summed E-state index contributed by atoms with van der Waals surface area (Å²) in [6.07, 6.45) is 4.88. The molecule has 1 fully saturated rings. The minimum absolute atomic E-state index is 0.0256. The first-order valence-corrected chi connectivity index (χ1v) is 7.17. The highest BCUT2D eigenvalue weighted by Gasteiger charge is 2.21. The molecule has 4 nitrogen and oxygen atoms in total. The fraction of sp³-hybridized carbons (Fsp3) is 0.750. The second kappa shape index (κ2) is 6.33. The molecule has 0 amide bonds. The lowest BCUT2D eigenvalue weighted by atomic mass is 10.00. The molecule has 0 spiro atoms. The van der Waals surface area contributed by atoms with Gasteiger partial charge in [-0.05, 0) is 19.3 Å². The molecule has 1 aliphatic heterocycles. The smallest absolute Gasteiger partial charge is 0.304 e. The van der Waals surface area contributed by atoms with Crippen molar-refractivity contribution in [3.05, 3.63) is 20.7 Å². The Bertz CT molecular complexity index is 386. The fourth-order valence-corrected chi connectivity index (χ4v) is 2.83. The van der Waals surface area contributed by atoms with Crippen molar-refractivity contribution in [3.63, 3.8) is 0 Å². The highest BCUT2D eigenvalue weighted by atomic mass is 32.1. The zero-order chi connectivity index (χ0) is 12.1. The van der Waals surface area contributed by atoms with Gasteiger partial charge in [-0.15, -0.1) is 0 Å². The first kappa shape index (κ1) is 12.8. The van der Waals surface area contributed by atoms with Gasteiger partial charge in [0.15, 0.2) is 0 Å². The molecule has 1 aliphatic rings. The van der Waals surface area contributed by atoms with Gasteiger partial charge in [-0.1, -0.05) is 24.7 Å². The van der Waals surface area contributed by atoms with Crippen molar-refractivity contribution in [2.24, 2.45) is 0 Å². The SMILES string of the molecule is CCCC1CC(NCc2csc(=O)[nH]2)CCO1. The van der Waals surface area contributed by atoms with Crippen LogP contribution in [0.15, 0.2) is 10.2 Å². The van der Waals surface area contributed by atoms with Crippen molar-refractivity contribution < 1.29 is 4.74 Å². The Kier molecular flexibility index (Phi) is 4.76. The van der Waals surface area contributed by atoms with E-state index >= 15 is 0 Å². The van der Waals surface area contributed by atoms with E-state index in [4.69, 9.17) is 4.74 Å². The maximum atomic E-state index is 11.0. The monoisotopic (exact) mass is 256 g/mol. The van der Waals surface area contributed by atoms with E-state index in [1.807, 2.05) is 5.38 Å². The summed E-state index contributed by atoms with van der Waals surface area (Å²) >= 11 is 1.22. The molecule has 0 radical (unpaired) electrons. The van der Waals surface area contributed by atoms with Gasteiger partial charge in [0.05, 0.1) is 6.10 Å². The van der Waals surface area contributed by atoms with Gasteiger partial charge in [0.2, 0.25) is 0 Å². The average Bonchev–Trinajstić information content (AvgIpc) is 2.74. The van der Waals surface area contributed by atoms with Crippen molar-refractivity contribution in [1.82, 2.24) is 10.3 Å². The van der Waals surface area contributed by atoms with Crippen molar-refractivity contribution in [1.29, 1.82) is 0 Å². The van der Waals surface area contributed by atoms with E-state index < -0.39 is 0 Å². The first-order valence-electron chi connectivity index (χ1n) is 6.29. The predicted molar refractivity (Wildman–Crippen MR) is 69.4 cm³/mol. The number of hydrogen-bond donors (Lipinski definition) is 2. The van der Waals surface area contributed by atoms with E-state index in [2.05, 4.69) is 17.2 Å². The third kappa shape index (κ3) is 3.94. The molecule has 2 rings (SSSR count). The third-order valence-corrected chi connectivity index (χ3v) is 3.85. The fourth-order valence-electron chi connectivity index (χ4n) is 2.24. The lowest BCUT2D eigenvalue weighted by Gasteiger charge is -2.30. The zero-order valence-corrected chi connectivity index (χ0v) is 11.0. The molecule has 2 unspecified atom stereocenters. The van der Waals surface area contributed by atoms with Crippen LogP contribution in [0.3, 0.4) is 0 Å². The van der Waals surface area contributed by atoms with Crippen LogP contribution in [0, 0.1) is 0 Å². The summed E-state index contributed by atoms with van der Waals surface area (Å²) in [6, 6.07) is 0.517. The minimum atomic E-state index is 0.0256. The van der Waals surface area contributed by atoms with Crippen LogP contribution >= 0.6 is 11.3 Å². The average molecular weight is 256 g/mol. The molecule has 1 saturated heterocycles. The van der Waals surface area contributed by atoms with Gasteiger partial charge in [0.25, 0.3) is 0 Å². The molecule has 0 bridgehead atoms. The molecule has 1 aromatic heterocycles. The number of hydrogen-bond acceptors (Lipinski definition) is 4. The standard InChI is InChI=1S/C12H20N2O2S/c1-2-3-11-6-9(4-5-16-11)13-7-10-8-17-12(15)14-10/h8-9,11,13H,2-7H2,1H3,(H,14,15). The number of nitrogens with one attached hydrogen (secondary N) is 2. The number of thiazole rings is 1. The van der Waals surface area contributed by atoms with Crippen LogP contribution in [0.2, 0.25) is 0 Å². The van der Waals surface area contributed by atoms with Gasteiger partial charge in [-0.25, -0.2) is 0 Å². The number of aromatic amines is 1. The lowest BCUT2D eigenvalue weighted by molar-refractivity contribution is -0.00347. The van der Waals surface area contributed by atoms with E-state index in [0.717, 1.165) is 38.1 Å². The molecule has 0 saturated carbocycles. The van der Waals surface area contributed by atoms with Crippen LogP contribution in [0.5, 0.6) is 0 Å². The summed E-state index contributed by atoms with van der Waals surface area (Å²) < 4.78 is 5.71. The minimum Gasteiger partial charge on any atom is -0.378 e. The number of H-pyrrole nitrogens is 1. The summed E-state index contributed by atoms with van der Waals surface area (Å²) in [5.74, 6) is 0. The van der Waals surface area contributed by atoms with Crippen molar-refractivity contribution in [2.45, 2.75) is 51.3 Å². The summed E-state index contributed by atoms with van der Waals surface area (Å²) in [5.41, 5.74) is 0.985. The Balaban J connectivity index is 1.77. The lowest BCUT2D eigenvalue weighted by Crippen LogP contribution is -2.38. The highest BCUT2D eigenvalue weighted by Crippen LogP contribution is 2.18. The van der Waals surface area contributed by atoms with E-state index in [-0.39, 0.29) is 4.87 Å². The Morgan fingerprint density at radius 2 is 2.53 bits per heavy atom. The molecule has 0 aliphatic carbocycles. The van der Waals surface area contributed by atoms with Gasteiger partial charge in [0, 0.05) is 30.3 Å². The summed E-state index contributed by atoms with van der Waals surface area (Å²) in [6.45, 7) is 3.79. The normalized spacial score (nSPS) is 25.0. The van der Waals surface area contributed by atoms with Crippen molar-refractivity contribution >= 4 is 11.3 Å². The summed E-state index contributed by atoms with van der Waals surface area (Å²) in [5, 5.41) is 5.38. The highest BCUT2D eigenvalue weighted by molar-refractivity contribution is 7.07. The summed E-state index contributed by atoms with van der Waals surface area (Å²) in [7, 11) is 0. The molecule has 17 heavy (non-hydrogen) atoms. The molecular formula is C12H20N2O2S. The number of aromatic nitrogens is 1.